The van der Waals surface area contributed by atoms with Crippen molar-refractivity contribution in [1.82, 2.24) is 25.0 Å². The van der Waals surface area contributed by atoms with Gasteiger partial charge in [-0.15, -0.1) is 0 Å². The number of hydrogen-bond donors (Lipinski definition) is 1. The van der Waals surface area contributed by atoms with Crippen LogP contribution in [0.4, 0.5) is 0 Å². The van der Waals surface area contributed by atoms with Crippen molar-refractivity contribution in [1.29, 1.82) is 0 Å². The first-order chi connectivity index (χ1) is 15.6. The van der Waals surface area contributed by atoms with Crippen molar-refractivity contribution in [2.45, 2.75) is 32.2 Å². The molecule has 0 bridgehead atoms. The molecule has 32 heavy (non-hydrogen) atoms. The normalized spacial score (nSPS) is 14.2. The first kappa shape index (κ1) is 21.3. The average Bonchev–Trinajstić information content (AvgIpc) is 3.38. The monoisotopic (exact) mass is 427 g/mol. The number of hydrogen-bond acceptors (Lipinski definition) is 4. The smallest absolute Gasteiger partial charge is 0.251 e. The van der Waals surface area contributed by atoms with Crippen LogP contribution < -0.4 is 5.32 Å². The van der Waals surface area contributed by atoms with Crippen molar-refractivity contribution in [2.24, 2.45) is 0 Å². The van der Waals surface area contributed by atoms with Gasteiger partial charge in [0.05, 0.1) is 11.3 Å². The summed E-state index contributed by atoms with van der Waals surface area (Å²) < 4.78 is 1.70. The molecule has 2 aromatic heterocycles. The van der Waals surface area contributed by atoms with Crippen LogP contribution in [0.2, 0.25) is 0 Å². The minimum absolute atomic E-state index is 0.0404. The van der Waals surface area contributed by atoms with Gasteiger partial charge in [-0.25, -0.2) is 9.67 Å². The third kappa shape index (κ3) is 5.03. The highest BCUT2D eigenvalue weighted by atomic mass is 16.2. The predicted molar refractivity (Wildman–Crippen MR) is 121 cm³/mol. The molecule has 1 N–H and O–H groups in total. The van der Waals surface area contributed by atoms with Gasteiger partial charge >= 0.3 is 0 Å². The SMILES string of the molecule is C[C@H](NC(=O)c1ccc(-n2cccn2)c(C#Cc2ccccn2)c1)C(=O)N1CCCCC1. The minimum Gasteiger partial charge on any atom is -0.341 e. The molecule has 1 atom stereocenters. The van der Waals surface area contributed by atoms with E-state index < -0.39 is 6.04 Å². The molecular weight excluding hydrogens is 402 g/mol. The molecule has 162 valence electrons. The zero-order valence-electron chi connectivity index (χ0n) is 18.0. The topological polar surface area (TPSA) is 80.1 Å². The number of rotatable bonds is 4. The molecular formula is C25H25N5O2. The Labute approximate surface area is 187 Å². The van der Waals surface area contributed by atoms with Crippen LogP contribution in [-0.4, -0.2) is 50.6 Å². The van der Waals surface area contributed by atoms with Gasteiger partial charge in [0.15, 0.2) is 0 Å². The van der Waals surface area contributed by atoms with E-state index in [2.05, 4.69) is 27.2 Å². The Hall–Kier alpha value is -3.92. The molecule has 4 rings (SSSR count). The van der Waals surface area contributed by atoms with Crippen molar-refractivity contribution in [3.05, 3.63) is 77.9 Å². The van der Waals surface area contributed by atoms with Gasteiger partial charge < -0.3 is 10.2 Å². The molecule has 0 unspecified atom stereocenters. The van der Waals surface area contributed by atoms with Gasteiger partial charge in [-0.05, 0) is 68.5 Å². The summed E-state index contributed by atoms with van der Waals surface area (Å²) in [6.45, 7) is 3.24. The molecule has 7 heteroatoms. The first-order valence-corrected chi connectivity index (χ1v) is 10.8. The average molecular weight is 428 g/mol. The number of benzene rings is 1. The summed E-state index contributed by atoms with van der Waals surface area (Å²) in [6.07, 6.45) is 8.36. The molecule has 0 spiro atoms. The maximum Gasteiger partial charge on any atom is 0.251 e. The molecule has 1 aliphatic rings. The van der Waals surface area contributed by atoms with E-state index in [1.54, 1.807) is 36.1 Å². The van der Waals surface area contributed by atoms with Crippen molar-refractivity contribution in [2.75, 3.05) is 13.1 Å². The van der Waals surface area contributed by atoms with E-state index in [0.29, 0.717) is 16.8 Å². The van der Waals surface area contributed by atoms with E-state index in [1.807, 2.05) is 41.4 Å². The number of pyridine rings is 1. The number of nitrogens with one attached hydrogen (secondary N) is 1. The molecule has 3 aromatic rings. The van der Waals surface area contributed by atoms with Crippen molar-refractivity contribution in [3.8, 4) is 17.5 Å². The Kier molecular flexibility index (Phi) is 6.61. The van der Waals surface area contributed by atoms with Crippen LogP contribution in [0.5, 0.6) is 0 Å². The van der Waals surface area contributed by atoms with E-state index >= 15 is 0 Å². The number of piperidine rings is 1. The van der Waals surface area contributed by atoms with Crippen LogP contribution in [-0.2, 0) is 4.79 Å². The fourth-order valence-electron chi connectivity index (χ4n) is 3.69. The lowest BCUT2D eigenvalue weighted by Gasteiger charge is -2.29. The Morgan fingerprint density at radius 2 is 1.88 bits per heavy atom. The molecule has 0 radical (unpaired) electrons. The number of carbonyl (C=O) groups excluding carboxylic acids is 2. The Morgan fingerprint density at radius 3 is 2.59 bits per heavy atom. The standard InChI is InChI=1S/C25H25N5O2/c1-19(25(32)29-15-5-2-6-16-29)28-24(31)21-10-12-23(30-17-7-14-27-30)20(18-21)9-11-22-8-3-4-13-26-22/h3-4,7-8,10,12-14,17-19H,2,5-6,15-16H2,1H3,(H,28,31)/t19-/m0/s1. The molecule has 3 heterocycles. The van der Waals surface area contributed by atoms with Gasteiger partial charge in [0.1, 0.15) is 11.7 Å². The fourth-order valence-corrected chi connectivity index (χ4v) is 3.69. The zero-order valence-corrected chi connectivity index (χ0v) is 18.0. The molecule has 7 nitrogen and oxygen atoms in total. The van der Waals surface area contributed by atoms with Crippen LogP contribution in [0.1, 0.15) is 47.8 Å². The molecule has 0 saturated carbocycles. The van der Waals surface area contributed by atoms with Crippen molar-refractivity contribution in [3.63, 3.8) is 0 Å². The van der Waals surface area contributed by atoms with Crippen LogP contribution in [0.25, 0.3) is 5.69 Å². The maximum atomic E-state index is 12.9. The van der Waals surface area contributed by atoms with E-state index in [9.17, 15) is 9.59 Å². The minimum atomic E-state index is -0.588. The van der Waals surface area contributed by atoms with Crippen molar-refractivity contribution < 1.29 is 9.59 Å². The lowest BCUT2D eigenvalue weighted by Crippen LogP contribution is -2.48. The highest BCUT2D eigenvalue weighted by Gasteiger charge is 2.24. The predicted octanol–water partition coefficient (Wildman–Crippen LogP) is 2.80. The third-order valence-electron chi connectivity index (χ3n) is 5.39. The Morgan fingerprint density at radius 1 is 1.03 bits per heavy atom. The quantitative estimate of drug-likeness (QED) is 0.650. The zero-order chi connectivity index (χ0) is 22.3. The second-order valence-electron chi connectivity index (χ2n) is 7.73. The second kappa shape index (κ2) is 9.92. The van der Waals surface area contributed by atoms with Gasteiger partial charge in [-0.1, -0.05) is 12.0 Å². The summed E-state index contributed by atoms with van der Waals surface area (Å²) in [4.78, 5) is 31.6. The molecule has 1 aliphatic heterocycles. The lowest BCUT2D eigenvalue weighted by molar-refractivity contribution is -0.133. The molecule has 0 aliphatic carbocycles. The van der Waals surface area contributed by atoms with Crippen LogP contribution in [0, 0.1) is 11.8 Å². The van der Waals surface area contributed by atoms with Gasteiger partial charge in [0.25, 0.3) is 5.91 Å². The fraction of sp³-hybridized carbons (Fsp3) is 0.280. The Balaban J connectivity index is 1.57. The summed E-state index contributed by atoms with van der Waals surface area (Å²) in [5, 5.41) is 7.12. The maximum absolute atomic E-state index is 12.9. The summed E-state index contributed by atoms with van der Waals surface area (Å²) in [7, 11) is 0. The molecule has 1 aromatic carbocycles. The van der Waals surface area contributed by atoms with E-state index in [4.69, 9.17) is 0 Å². The van der Waals surface area contributed by atoms with E-state index in [1.165, 1.54) is 0 Å². The number of amides is 2. The molecule has 2 amide bonds. The first-order valence-electron chi connectivity index (χ1n) is 10.8. The highest BCUT2D eigenvalue weighted by Crippen LogP contribution is 2.16. The van der Waals surface area contributed by atoms with Gasteiger partial charge in [-0.2, -0.15) is 5.10 Å². The summed E-state index contributed by atoms with van der Waals surface area (Å²) in [5.74, 6) is 5.80. The summed E-state index contributed by atoms with van der Waals surface area (Å²) in [6, 6.07) is 12.0. The van der Waals surface area contributed by atoms with Crippen molar-refractivity contribution >= 4 is 11.8 Å². The third-order valence-corrected chi connectivity index (χ3v) is 5.39. The van der Waals surface area contributed by atoms with Gasteiger partial charge in [0.2, 0.25) is 5.91 Å². The summed E-state index contributed by atoms with van der Waals surface area (Å²) in [5.41, 5.74) is 2.47. The Bertz CT molecular complexity index is 1140. The summed E-state index contributed by atoms with van der Waals surface area (Å²) >= 11 is 0. The largest absolute Gasteiger partial charge is 0.341 e. The number of carbonyl (C=O) groups is 2. The molecule has 1 fully saturated rings. The van der Waals surface area contributed by atoms with E-state index in [0.717, 1.165) is 38.0 Å². The van der Waals surface area contributed by atoms with Crippen LogP contribution >= 0.6 is 0 Å². The highest BCUT2D eigenvalue weighted by molar-refractivity contribution is 5.98. The number of aromatic nitrogens is 3. The number of nitrogens with zero attached hydrogens (tertiary/aromatic N) is 4. The second-order valence-corrected chi connectivity index (χ2v) is 7.73. The van der Waals surface area contributed by atoms with Crippen LogP contribution in [0.3, 0.4) is 0 Å². The number of likely N-dealkylation sites (tertiary alicyclic amines) is 1. The van der Waals surface area contributed by atoms with Crippen LogP contribution in [0.15, 0.2) is 61.1 Å². The molecule has 1 saturated heterocycles. The van der Waals surface area contributed by atoms with Gasteiger partial charge in [0, 0.05) is 37.2 Å². The van der Waals surface area contributed by atoms with Gasteiger partial charge in [-0.3, -0.25) is 9.59 Å². The lowest BCUT2D eigenvalue weighted by atomic mass is 10.1. The van der Waals surface area contributed by atoms with E-state index in [-0.39, 0.29) is 11.8 Å².